The lowest BCUT2D eigenvalue weighted by atomic mass is 10.3. The zero-order valence-electron chi connectivity index (χ0n) is 9.76. The molecule has 1 N–H and O–H groups in total. The first-order valence-electron chi connectivity index (χ1n) is 6.09. The van der Waals surface area contributed by atoms with Crippen LogP contribution in [0.4, 0.5) is 0 Å². The van der Waals surface area contributed by atoms with Gasteiger partial charge in [-0.2, -0.15) is 0 Å². The molecular weight excluding hydrogens is 212 g/mol. The molecule has 2 aromatic heterocycles. The standard InChI is InChI=1S/C13H16N4/c1-2-6-14-12(5-1)13-15-9-11(16-13)10-17-7-3-4-8-17/h1-2,5-6,9H,3-4,7-8,10H2,(H,15,16). The van der Waals surface area contributed by atoms with Crippen molar-refractivity contribution in [2.45, 2.75) is 19.4 Å². The van der Waals surface area contributed by atoms with Crippen molar-refractivity contribution in [3.63, 3.8) is 0 Å². The number of pyridine rings is 1. The molecule has 0 atom stereocenters. The van der Waals surface area contributed by atoms with Crippen LogP contribution in [-0.2, 0) is 6.54 Å². The molecule has 3 rings (SSSR count). The van der Waals surface area contributed by atoms with E-state index in [2.05, 4.69) is 19.9 Å². The molecule has 1 aliphatic heterocycles. The van der Waals surface area contributed by atoms with Crippen molar-refractivity contribution < 1.29 is 0 Å². The first-order chi connectivity index (χ1) is 8.42. The second kappa shape index (κ2) is 4.67. The van der Waals surface area contributed by atoms with Gasteiger partial charge in [0.2, 0.25) is 0 Å². The highest BCUT2D eigenvalue weighted by Crippen LogP contribution is 2.15. The molecule has 17 heavy (non-hydrogen) atoms. The number of hydrogen-bond acceptors (Lipinski definition) is 3. The Morgan fingerprint density at radius 1 is 1.18 bits per heavy atom. The van der Waals surface area contributed by atoms with Crippen LogP contribution in [-0.4, -0.2) is 32.9 Å². The van der Waals surface area contributed by atoms with E-state index in [1.807, 2.05) is 24.4 Å². The lowest BCUT2D eigenvalue weighted by molar-refractivity contribution is 0.328. The highest BCUT2D eigenvalue weighted by Gasteiger charge is 2.13. The number of nitrogens with zero attached hydrogens (tertiary/aromatic N) is 3. The predicted molar refractivity (Wildman–Crippen MR) is 66.3 cm³/mol. The fourth-order valence-electron chi connectivity index (χ4n) is 2.25. The van der Waals surface area contributed by atoms with Crippen LogP contribution in [0.1, 0.15) is 18.5 Å². The molecule has 4 nitrogen and oxygen atoms in total. The number of likely N-dealkylation sites (tertiary alicyclic amines) is 1. The molecule has 0 bridgehead atoms. The zero-order valence-corrected chi connectivity index (χ0v) is 9.76. The van der Waals surface area contributed by atoms with Crippen LogP contribution >= 0.6 is 0 Å². The molecule has 88 valence electrons. The fourth-order valence-corrected chi connectivity index (χ4v) is 2.25. The third kappa shape index (κ3) is 2.36. The normalized spacial score (nSPS) is 16.5. The molecule has 1 aliphatic rings. The van der Waals surface area contributed by atoms with E-state index in [-0.39, 0.29) is 0 Å². The summed E-state index contributed by atoms with van der Waals surface area (Å²) < 4.78 is 0. The van der Waals surface area contributed by atoms with Gasteiger partial charge in [-0.1, -0.05) is 6.07 Å². The van der Waals surface area contributed by atoms with Gasteiger partial charge in [-0.3, -0.25) is 9.88 Å². The fraction of sp³-hybridized carbons (Fsp3) is 0.385. The van der Waals surface area contributed by atoms with Crippen molar-refractivity contribution in [1.29, 1.82) is 0 Å². The van der Waals surface area contributed by atoms with Gasteiger partial charge in [0, 0.05) is 18.4 Å². The molecule has 1 saturated heterocycles. The summed E-state index contributed by atoms with van der Waals surface area (Å²) in [5, 5.41) is 0. The molecular formula is C13H16N4. The van der Waals surface area contributed by atoms with Crippen molar-refractivity contribution in [2.75, 3.05) is 13.1 Å². The van der Waals surface area contributed by atoms with Gasteiger partial charge in [0.1, 0.15) is 5.69 Å². The van der Waals surface area contributed by atoms with Crippen LogP contribution in [0, 0.1) is 0 Å². The highest BCUT2D eigenvalue weighted by atomic mass is 15.1. The van der Waals surface area contributed by atoms with Crippen molar-refractivity contribution in [1.82, 2.24) is 19.9 Å². The maximum Gasteiger partial charge on any atom is 0.156 e. The second-order valence-electron chi connectivity index (χ2n) is 4.46. The average molecular weight is 228 g/mol. The summed E-state index contributed by atoms with van der Waals surface area (Å²) in [6, 6.07) is 5.86. The summed E-state index contributed by atoms with van der Waals surface area (Å²) in [5.74, 6) is 0.861. The van der Waals surface area contributed by atoms with Gasteiger partial charge in [0.05, 0.1) is 6.20 Å². The third-order valence-electron chi connectivity index (χ3n) is 3.13. The van der Waals surface area contributed by atoms with Gasteiger partial charge in [-0.15, -0.1) is 0 Å². The maximum atomic E-state index is 4.38. The van der Waals surface area contributed by atoms with E-state index in [9.17, 15) is 0 Å². The topological polar surface area (TPSA) is 44.8 Å². The van der Waals surface area contributed by atoms with E-state index in [4.69, 9.17) is 0 Å². The van der Waals surface area contributed by atoms with Crippen LogP contribution in [0.15, 0.2) is 30.6 Å². The first kappa shape index (κ1) is 10.5. The lowest BCUT2D eigenvalue weighted by Gasteiger charge is -2.12. The van der Waals surface area contributed by atoms with Gasteiger partial charge >= 0.3 is 0 Å². The average Bonchev–Trinajstić information content (AvgIpc) is 3.02. The minimum atomic E-state index is 0.861. The van der Waals surface area contributed by atoms with Crippen molar-refractivity contribution >= 4 is 0 Å². The zero-order chi connectivity index (χ0) is 11.5. The number of nitrogens with one attached hydrogen (secondary N) is 1. The summed E-state index contributed by atoms with van der Waals surface area (Å²) in [5.41, 5.74) is 2.08. The van der Waals surface area contributed by atoms with Crippen LogP contribution in [0.2, 0.25) is 0 Å². The maximum absolute atomic E-state index is 4.38. The predicted octanol–water partition coefficient (Wildman–Crippen LogP) is 2.07. The molecule has 4 heteroatoms. The van der Waals surface area contributed by atoms with E-state index < -0.39 is 0 Å². The number of H-pyrrole nitrogens is 1. The molecule has 0 saturated carbocycles. The summed E-state index contributed by atoms with van der Waals surface area (Å²) >= 11 is 0. The molecule has 1 fully saturated rings. The minimum absolute atomic E-state index is 0.861. The van der Waals surface area contributed by atoms with E-state index in [0.717, 1.165) is 18.1 Å². The minimum Gasteiger partial charge on any atom is -0.339 e. The monoisotopic (exact) mass is 228 g/mol. The molecule has 0 spiro atoms. The van der Waals surface area contributed by atoms with Crippen molar-refractivity contribution in [2.24, 2.45) is 0 Å². The quantitative estimate of drug-likeness (QED) is 0.874. The SMILES string of the molecule is c1ccc(-c2ncc(CN3CCCC3)[nH]2)nc1. The van der Waals surface area contributed by atoms with E-state index in [1.165, 1.54) is 31.6 Å². The van der Waals surface area contributed by atoms with Crippen LogP contribution in [0.5, 0.6) is 0 Å². The largest absolute Gasteiger partial charge is 0.339 e. The Kier molecular flexibility index (Phi) is 2.88. The van der Waals surface area contributed by atoms with Crippen molar-refractivity contribution in [3.8, 4) is 11.5 Å². The van der Waals surface area contributed by atoms with Gasteiger partial charge in [-0.05, 0) is 38.1 Å². The summed E-state index contributed by atoms with van der Waals surface area (Å²) in [6.45, 7) is 3.38. The Morgan fingerprint density at radius 2 is 2.06 bits per heavy atom. The summed E-state index contributed by atoms with van der Waals surface area (Å²) in [6.07, 6.45) is 6.35. The molecule has 0 amide bonds. The Hall–Kier alpha value is -1.68. The third-order valence-corrected chi connectivity index (χ3v) is 3.13. The molecule has 0 aliphatic carbocycles. The summed E-state index contributed by atoms with van der Waals surface area (Å²) in [7, 11) is 0. The molecule has 0 aromatic carbocycles. The van der Waals surface area contributed by atoms with Crippen LogP contribution in [0.25, 0.3) is 11.5 Å². The second-order valence-corrected chi connectivity index (χ2v) is 4.46. The van der Waals surface area contributed by atoms with E-state index in [1.54, 1.807) is 6.20 Å². The van der Waals surface area contributed by atoms with Crippen molar-refractivity contribution in [3.05, 3.63) is 36.3 Å². The van der Waals surface area contributed by atoms with Gasteiger partial charge in [0.15, 0.2) is 5.82 Å². The highest BCUT2D eigenvalue weighted by molar-refractivity contribution is 5.48. The number of imidazole rings is 1. The Balaban J connectivity index is 1.74. The Bertz CT molecular complexity index is 471. The van der Waals surface area contributed by atoms with Gasteiger partial charge in [-0.25, -0.2) is 4.98 Å². The van der Waals surface area contributed by atoms with Crippen LogP contribution in [0.3, 0.4) is 0 Å². The smallest absolute Gasteiger partial charge is 0.156 e. The Morgan fingerprint density at radius 3 is 2.82 bits per heavy atom. The van der Waals surface area contributed by atoms with Gasteiger partial charge in [0.25, 0.3) is 0 Å². The molecule has 0 unspecified atom stereocenters. The summed E-state index contributed by atoms with van der Waals surface area (Å²) in [4.78, 5) is 14.5. The number of aromatic nitrogens is 3. The number of hydrogen-bond donors (Lipinski definition) is 1. The lowest BCUT2D eigenvalue weighted by Crippen LogP contribution is -2.18. The van der Waals surface area contributed by atoms with E-state index >= 15 is 0 Å². The number of rotatable bonds is 3. The Labute approximate surface area is 101 Å². The number of aromatic amines is 1. The molecule has 2 aromatic rings. The van der Waals surface area contributed by atoms with Gasteiger partial charge < -0.3 is 4.98 Å². The van der Waals surface area contributed by atoms with Crippen LogP contribution < -0.4 is 0 Å². The first-order valence-corrected chi connectivity index (χ1v) is 6.09. The molecule has 0 radical (unpaired) electrons. The van der Waals surface area contributed by atoms with E-state index in [0.29, 0.717) is 0 Å². The molecule has 3 heterocycles.